The van der Waals surface area contributed by atoms with Crippen LogP contribution in [0.3, 0.4) is 0 Å². The van der Waals surface area contributed by atoms with Crippen LogP contribution >= 0.6 is 0 Å². The van der Waals surface area contributed by atoms with E-state index in [-0.39, 0.29) is 0 Å². The van der Waals surface area contributed by atoms with E-state index in [9.17, 15) is 0 Å². The fourth-order valence-corrected chi connectivity index (χ4v) is 4.13. The van der Waals surface area contributed by atoms with Gasteiger partial charge in [0, 0.05) is 32.4 Å². The first kappa shape index (κ1) is 22.4. The molecule has 1 atom stereocenters. The third kappa shape index (κ3) is 4.68. The van der Waals surface area contributed by atoms with Gasteiger partial charge in [0.1, 0.15) is 16.9 Å². The standard InChI is InChI=1S/C23H34N8O/c1-6-18-20-21(31(28-18)12-13-32-7-2)22(25-19-9-8-16(3)14-24-19)27-23(26-20)30(5)17-10-11-29(4)15-17/h8-9,14,17H,6-7,10-13,15H2,1-5H3,(H,24,25,26,27)/t17-/m1/s1. The maximum Gasteiger partial charge on any atom is 0.228 e. The highest BCUT2D eigenvalue weighted by Crippen LogP contribution is 2.29. The topological polar surface area (TPSA) is 84.2 Å². The Balaban J connectivity index is 1.79. The van der Waals surface area contributed by atoms with Crippen LogP contribution < -0.4 is 10.2 Å². The Bertz CT molecular complexity index is 1050. The van der Waals surface area contributed by atoms with Crippen molar-refractivity contribution < 1.29 is 4.74 Å². The molecule has 172 valence electrons. The summed E-state index contributed by atoms with van der Waals surface area (Å²) in [5, 5.41) is 8.29. The lowest BCUT2D eigenvalue weighted by Gasteiger charge is -2.25. The van der Waals surface area contributed by atoms with Crippen molar-refractivity contribution in [3.05, 3.63) is 29.6 Å². The van der Waals surface area contributed by atoms with Crippen molar-refractivity contribution in [2.24, 2.45) is 0 Å². The average Bonchev–Trinajstić information content (AvgIpc) is 3.38. The zero-order valence-electron chi connectivity index (χ0n) is 19.8. The smallest absolute Gasteiger partial charge is 0.228 e. The van der Waals surface area contributed by atoms with Crippen LogP contribution in [0.5, 0.6) is 0 Å². The minimum atomic E-state index is 0.390. The summed E-state index contributed by atoms with van der Waals surface area (Å²) in [5.41, 5.74) is 3.87. The Hall–Kier alpha value is -2.78. The van der Waals surface area contributed by atoms with Crippen LogP contribution in [-0.4, -0.2) is 76.1 Å². The first-order valence-electron chi connectivity index (χ1n) is 11.5. The lowest BCUT2D eigenvalue weighted by Crippen LogP contribution is -2.35. The van der Waals surface area contributed by atoms with Gasteiger partial charge in [-0.05, 0) is 51.9 Å². The second-order valence-electron chi connectivity index (χ2n) is 8.45. The van der Waals surface area contributed by atoms with Gasteiger partial charge in [-0.15, -0.1) is 0 Å². The van der Waals surface area contributed by atoms with Crippen LogP contribution in [0.15, 0.2) is 18.3 Å². The van der Waals surface area contributed by atoms with Gasteiger partial charge in [-0.25, -0.2) is 9.97 Å². The number of nitrogens with one attached hydrogen (secondary N) is 1. The summed E-state index contributed by atoms with van der Waals surface area (Å²) in [5.74, 6) is 2.19. The van der Waals surface area contributed by atoms with Gasteiger partial charge >= 0.3 is 0 Å². The highest BCUT2D eigenvalue weighted by Gasteiger charge is 2.27. The van der Waals surface area contributed by atoms with Crippen LogP contribution in [0.4, 0.5) is 17.6 Å². The van der Waals surface area contributed by atoms with Gasteiger partial charge in [-0.1, -0.05) is 13.0 Å². The summed E-state index contributed by atoms with van der Waals surface area (Å²) >= 11 is 0. The molecule has 3 aromatic rings. The first-order valence-corrected chi connectivity index (χ1v) is 11.5. The van der Waals surface area contributed by atoms with Gasteiger partial charge in [0.2, 0.25) is 5.95 Å². The highest BCUT2D eigenvalue weighted by atomic mass is 16.5. The van der Waals surface area contributed by atoms with E-state index in [1.165, 1.54) is 0 Å². The van der Waals surface area contributed by atoms with Gasteiger partial charge in [-0.3, -0.25) is 4.68 Å². The molecule has 0 bridgehead atoms. The van der Waals surface area contributed by atoms with Gasteiger partial charge < -0.3 is 19.9 Å². The lowest BCUT2D eigenvalue weighted by atomic mass is 10.2. The van der Waals surface area contributed by atoms with Gasteiger partial charge in [0.15, 0.2) is 5.82 Å². The summed E-state index contributed by atoms with van der Waals surface area (Å²) in [7, 11) is 4.25. The molecule has 1 aliphatic rings. The van der Waals surface area contributed by atoms with Crippen LogP contribution in [0.25, 0.3) is 11.0 Å². The number of aromatic nitrogens is 5. The summed E-state index contributed by atoms with van der Waals surface area (Å²) in [6.07, 6.45) is 3.75. The number of likely N-dealkylation sites (N-methyl/N-ethyl adjacent to an activating group) is 2. The summed E-state index contributed by atoms with van der Waals surface area (Å²) < 4.78 is 7.56. The molecule has 0 unspecified atom stereocenters. The van der Waals surface area contributed by atoms with Crippen molar-refractivity contribution >= 4 is 28.6 Å². The number of fused-ring (bicyclic) bond motifs is 1. The largest absolute Gasteiger partial charge is 0.380 e. The second kappa shape index (κ2) is 9.79. The fraction of sp³-hybridized carbons (Fsp3) is 0.565. The quantitative estimate of drug-likeness (QED) is 0.511. The second-order valence-corrected chi connectivity index (χ2v) is 8.45. The number of hydrogen-bond donors (Lipinski definition) is 1. The van der Waals surface area contributed by atoms with Crippen LogP contribution in [0.1, 0.15) is 31.5 Å². The summed E-state index contributed by atoms with van der Waals surface area (Å²) in [6.45, 7) is 10.2. The molecule has 0 amide bonds. The molecule has 0 aromatic carbocycles. The molecule has 1 N–H and O–H groups in total. The van der Waals surface area contributed by atoms with E-state index in [1.807, 2.05) is 36.9 Å². The maximum absolute atomic E-state index is 5.59. The Morgan fingerprint density at radius 1 is 1.25 bits per heavy atom. The minimum absolute atomic E-state index is 0.390. The van der Waals surface area contributed by atoms with Crippen molar-refractivity contribution in [3.63, 3.8) is 0 Å². The zero-order valence-corrected chi connectivity index (χ0v) is 19.8. The molecule has 1 aliphatic heterocycles. The SMILES string of the molecule is CCOCCn1nc(CC)c2nc(N(C)[C@@H]3CCN(C)C3)nc(Nc3ccc(C)cn3)c21. The van der Waals surface area contributed by atoms with E-state index < -0.39 is 0 Å². The maximum atomic E-state index is 5.59. The molecule has 0 spiro atoms. The van der Waals surface area contributed by atoms with Crippen molar-refractivity contribution in [2.75, 3.05) is 50.6 Å². The Morgan fingerprint density at radius 2 is 2.09 bits per heavy atom. The monoisotopic (exact) mass is 438 g/mol. The van der Waals surface area contributed by atoms with Crippen molar-refractivity contribution in [1.29, 1.82) is 0 Å². The third-order valence-electron chi connectivity index (χ3n) is 6.02. The molecule has 0 aliphatic carbocycles. The van der Waals surface area contributed by atoms with E-state index in [0.717, 1.165) is 59.9 Å². The number of ether oxygens (including phenoxy) is 1. The molecule has 4 heterocycles. The number of aryl methyl sites for hydroxylation is 2. The number of hydrogen-bond acceptors (Lipinski definition) is 8. The molecule has 9 nitrogen and oxygen atoms in total. The number of likely N-dealkylation sites (tertiary alicyclic amines) is 1. The first-order chi connectivity index (χ1) is 15.5. The van der Waals surface area contributed by atoms with E-state index in [0.29, 0.717) is 31.7 Å². The Morgan fingerprint density at radius 3 is 2.75 bits per heavy atom. The van der Waals surface area contributed by atoms with E-state index >= 15 is 0 Å². The van der Waals surface area contributed by atoms with E-state index in [4.69, 9.17) is 19.8 Å². The molecule has 0 radical (unpaired) electrons. The molecule has 32 heavy (non-hydrogen) atoms. The normalized spacial score (nSPS) is 16.7. The van der Waals surface area contributed by atoms with Crippen LogP contribution in [-0.2, 0) is 17.7 Å². The lowest BCUT2D eigenvalue weighted by molar-refractivity contribution is 0.137. The van der Waals surface area contributed by atoms with Gasteiger partial charge in [-0.2, -0.15) is 10.1 Å². The summed E-state index contributed by atoms with van der Waals surface area (Å²) in [4.78, 5) is 19.0. The van der Waals surface area contributed by atoms with Crippen LogP contribution in [0.2, 0.25) is 0 Å². The van der Waals surface area contributed by atoms with Gasteiger partial charge in [0.25, 0.3) is 0 Å². The van der Waals surface area contributed by atoms with Crippen LogP contribution in [0, 0.1) is 6.92 Å². The summed E-state index contributed by atoms with van der Waals surface area (Å²) in [6, 6.07) is 4.40. The van der Waals surface area contributed by atoms with Crippen molar-refractivity contribution in [2.45, 2.75) is 46.2 Å². The minimum Gasteiger partial charge on any atom is -0.380 e. The number of rotatable bonds is 9. The molecular formula is C23H34N8O. The van der Waals surface area contributed by atoms with Crippen molar-refractivity contribution in [3.8, 4) is 0 Å². The molecule has 1 fully saturated rings. The molecule has 1 saturated heterocycles. The Labute approximate surface area is 189 Å². The number of pyridine rings is 1. The molecule has 9 heteroatoms. The van der Waals surface area contributed by atoms with Gasteiger partial charge in [0.05, 0.1) is 18.8 Å². The molecule has 3 aromatic heterocycles. The van der Waals surface area contributed by atoms with E-state index in [2.05, 4.69) is 41.1 Å². The predicted octanol–water partition coefficient (Wildman–Crippen LogP) is 3.01. The average molecular weight is 439 g/mol. The molecule has 4 rings (SSSR count). The van der Waals surface area contributed by atoms with E-state index in [1.54, 1.807) is 0 Å². The Kier molecular flexibility index (Phi) is 6.86. The third-order valence-corrected chi connectivity index (χ3v) is 6.02. The molecular weight excluding hydrogens is 404 g/mol. The number of nitrogens with zero attached hydrogens (tertiary/aromatic N) is 7. The fourth-order valence-electron chi connectivity index (χ4n) is 4.13. The number of anilines is 3. The van der Waals surface area contributed by atoms with Crippen molar-refractivity contribution in [1.82, 2.24) is 29.6 Å². The zero-order chi connectivity index (χ0) is 22.7. The predicted molar refractivity (Wildman–Crippen MR) is 128 cm³/mol. The highest BCUT2D eigenvalue weighted by molar-refractivity contribution is 5.90. The molecule has 0 saturated carbocycles.